The van der Waals surface area contributed by atoms with Gasteiger partial charge in [0.15, 0.2) is 0 Å². The van der Waals surface area contributed by atoms with E-state index in [0.717, 1.165) is 33.9 Å². The predicted octanol–water partition coefficient (Wildman–Crippen LogP) is 5.10. The largest absolute Gasteiger partial charge is 0.324 e. The molecule has 1 fully saturated rings. The zero-order chi connectivity index (χ0) is 21.0. The lowest BCUT2D eigenvalue weighted by Gasteiger charge is -2.12. The van der Waals surface area contributed by atoms with Gasteiger partial charge in [0.1, 0.15) is 12.4 Å². The molecular formula is C21H16ClFN2O3S. The van der Waals surface area contributed by atoms with Crippen LogP contribution in [-0.2, 0) is 9.59 Å². The smallest absolute Gasteiger partial charge is 0.294 e. The average Bonchev–Trinajstić information content (AvgIpc) is 2.93. The summed E-state index contributed by atoms with van der Waals surface area (Å²) in [4.78, 5) is 38.0. The average molecular weight is 431 g/mol. The van der Waals surface area contributed by atoms with E-state index in [1.165, 1.54) is 12.1 Å². The van der Waals surface area contributed by atoms with Gasteiger partial charge in [0.05, 0.1) is 9.93 Å². The number of hydrogen-bond donors (Lipinski definition) is 1. The Morgan fingerprint density at radius 3 is 2.62 bits per heavy atom. The summed E-state index contributed by atoms with van der Waals surface area (Å²) in [6.07, 6.45) is 3.51. The van der Waals surface area contributed by atoms with Crippen molar-refractivity contribution in [2.24, 2.45) is 0 Å². The van der Waals surface area contributed by atoms with Gasteiger partial charge in [0.25, 0.3) is 11.1 Å². The lowest BCUT2D eigenvalue weighted by molar-refractivity contribution is -0.127. The molecule has 0 aliphatic carbocycles. The third-order valence-electron chi connectivity index (χ3n) is 3.93. The second-order valence-corrected chi connectivity index (χ2v) is 7.64. The Morgan fingerprint density at radius 2 is 1.93 bits per heavy atom. The van der Waals surface area contributed by atoms with Crippen molar-refractivity contribution >= 4 is 52.2 Å². The molecule has 0 atom stereocenters. The van der Waals surface area contributed by atoms with Crippen LogP contribution in [0, 0.1) is 5.82 Å². The van der Waals surface area contributed by atoms with Gasteiger partial charge < -0.3 is 5.32 Å². The molecule has 0 radical (unpaired) electrons. The normalized spacial score (nSPS) is 15.9. The summed E-state index contributed by atoms with van der Waals surface area (Å²) < 4.78 is 13.2. The van der Waals surface area contributed by atoms with Crippen molar-refractivity contribution in [2.75, 3.05) is 11.9 Å². The van der Waals surface area contributed by atoms with Crippen LogP contribution in [0.25, 0.3) is 6.08 Å². The van der Waals surface area contributed by atoms with Gasteiger partial charge in [-0.1, -0.05) is 48.0 Å². The number of hydrogen-bond acceptors (Lipinski definition) is 4. The van der Waals surface area contributed by atoms with Crippen molar-refractivity contribution in [3.8, 4) is 0 Å². The number of carbonyl (C=O) groups excluding carboxylic acids is 3. The first-order valence-electron chi connectivity index (χ1n) is 8.57. The summed E-state index contributed by atoms with van der Waals surface area (Å²) in [5, 5.41) is 1.82. The Hall–Kier alpha value is -2.90. The lowest BCUT2D eigenvalue weighted by Crippen LogP contribution is -2.36. The van der Waals surface area contributed by atoms with Crippen molar-refractivity contribution in [1.29, 1.82) is 0 Å². The van der Waals surface area contributed by atoms with E-state index >= 15 is 0 Å². The van der Waals surface area contributed by atoms with E-state index in [-0.39, 0.29) is 15.6 Å². The molecule has 3 rings (SSSR count). The zero-order valence-corrected chi connectivity index (χ0v) is 16.9. The minimum Gasteiger partial charge on any atom is -0.324 e. The van der Waals surface area contributed by atoms with Crippen LogP contribution in [0.3, 0.4) is 0 Å². The van der Waals surface area contributed by atoms with Crippen molar-refractivity contribution < 1.29 is 18.8 Å². The number of thioether (sulfide) groups is 1. The third kappa shape index (κ3) is 5.34. The molecule has 0 unspecified atom stereocenters. The van der Waals surface area contributed by atoms with Gasteiger partial charge in [-0.15, -0.1) is 0 Å². The number of nitrogens with one attached hydrogen (secondary N) is 1. The first kappa shape index (κ1) is 20.8. The van der Waals surface area contributed by atoms with Crippen LogP contribution in [0.5, 0.6) is 0 Å². The van der Waals surface area contributed by atoms with Crippen LogP contribution >= 0.6 is 23.4 Å². The van der Waals surface area contributed by atoms with Crippen LogP contribution in [0.4, 0.5) is 14.9 Å². The topological polar surface area (TPSA) is 66.5 Å². The number of rotatable bonds is 5. The second kappa shape index (κ2) is 9.07. The number of amides is 3. The van der Waals surface area contributed by atoms with E-state index in [4.69, 9.17) is 11.6 Å². The number of carbonyl (C=O) groups is 3. The van der Waals surface area contributed by atoms with Gasteiger partial charge in [-0.2, -0.15) is 0 Å². The van der Waals surface area contributed by atoms with Crippen LogP contribution in [-0.4, -0.2) is 28.5 Å². The minimum atomic E-state index is -0.611. The number of benzene rings is 2. The van der Waals surface area contributed by atoms with Crippen LogP contribution in [0.1, 0.15) is 12.5 Å². The molecule has 1 heterocycles. The Balaban J connectivity index is 1.67. The summed E-state index contributed by atoms with van der Waals surface area (Å²) in [6, 6.07) is 13.3. The fourth-order valence-corrected chi connectivity index (χ4v) is 3.68. The van der Waals surface area contributed by atoms with E-state index < -0.39 is 29.4 Å². The molecule has 1 aliphatic heterocycles. The number of imide groups is 1. The second-order valence-electron chi connectivity index (χ2n) is 6.24. The van der Waals surface area contributed by atoms with E-state index in [1.54, 1.807) is 6.08 Å². The summed E-state index contributed by atoms with van der Waals surface area (Å²) in [5.41, 5.74) is 2.04. The molecule has 5 nitrogen and oxygen atoms in total. The number of allylic oxidation sites excluding steroid dienone is 2. The summed E-state index contributed by atoms with van der Waals surface area (Å²) in [5.74, 6) is -1.74. The monoisotopic (exact) mass is 430 g/mol. The first-order chi connectivity index (χ1) is 13.8. The predicted molar refractivity (Wildman–Crippen MR) is 113 cm³/mol. The molecule has 1 aliphatic rings. The van der Waals surface area contributed by atoms with Crippen molar-refractivity contribution in [2.45, 2.75) is 6.92 Å². The highest BCUT2D eigenvalue weighted by Gasteiger charge is 2.36. The van der Waals surface area contributed by atoms with E-state index in [2.05, 4.69) is 5.32 Å². The van der Waals surface area contributed by atoms with Gasteiger partial charge >= 0.3 is 0 Å². The number of halogens is 2. The molecule has 3 amide bonds. The first-order valence-corrected chi connectivity index (χ1v) is 9.76. The maximum Gasteiger partial charge on any atom is 0.294 e. The van der Waals surface area contributed by atoms with Gasteiger partial charge in [0, 0.05) is 5.69 Å². The molecule has 0 bridgehead atoms. The maximum absolute atomic E-state index is 13.2. The Morgan fingerprint density at radius 1 is 1.21 bits per heavy atom. The highest BCUT2D eigenvalue weighted by Crippen LogP contribution is 2.31. The SMILES string of the molecule is CC(=C\c1ccccc1)/C=C1/SC(=O)N(CC(=O)Nc2ccc(F)c(Cl)c2)C1=O. The molecular weight excluding hydrogens is 415 g/mol. The zero-order valence-electron chi connectivity index (χ0n) is 15.3. The number of nitrogens with zero attached hydrogens (tertiary/aromatic N) is 1. The van der Waals surface area contributed by atoms with Crippen LogP contribution < -0.4 is 5.32 Å². The molecule has 8 heteroatoms. The third-order valence-corrected chi connectivity index (χ3v) is 5.13. The maximum atomic E-state index is 13.2. The van der Waals surface area contributed by atoms with E-state index in [1.807, 2.05) is 43.3 Å². The Kier molecular flexibility index (Phi) is 6.51. The molecule has 2 aromatic carbocycles. The molecule has 2 aromatic rings. The van der Waals surface area contributed by atoms with Crippen LogP contribution in [0.15, 0.2) is 65.1 Å². The molecule has 1 saturated heterocycles. The standard InChI is InChI=1S/C21H16ClFN2O3S/c1-13(9-14-5-3-2-4-6-14)10-18-20(27)25(21(28)29-18)12-19(26)24-15-7-8-17(23)16(22)11-15/h2-11H,12H2,1H3,(H,24,26)/b13-9+,18-10+. The van der Waals surface area contributed by atoms with E-state index in [9.17, 15) is 18.8 Å². The molecule has 1 N–H and O–H groups in total. The molecule has 29 heavy (non-hydrogen) atoms. The van der Waals surface area contributed by atoms with Gasteiger partial charge in [0.2, 0.25) is 5.91 Å². The fourth-order valence-electron chi connectivity index (χ4n) is 2.61. The molecule has 0 aromatic heterocycles. The quantitative estimate of drug-likeness (QED) is 0.670. The Bertz CT molecular complexity index is 1040. The van der Waals surface area contributed by atoms with Gasteiger partial charge in [-0.05, 0) is 54.1 Å². The highest BCUT2D eigenvalue weighted by atomic mass is 35.5. The van der Waals surface area contributed by atoms with Crippen molar-refractivity contribution in [1.82, 2.24) is 4.90 Å². The molecule has 0 saturated carbocycles. The van der Waals surface area contributed by atoms with Crippen molar-refractivity contribution in [3.05, 3.63) is 81.5 Å². The van der Waals surface area contributed by atoms with Crippen LogP contribution in [0.2, 0.25) is 5.02 Å². The minimum absolute atomic E-state index is 0.141. The Labute approximate surface area is 176 Å². The van der Waals surface area contributed by atoms with E-state index in [0.29, 0.717) is 0 Å². The lowest BCUT2D eigenvalue weighted by atomic mass is 10.1. The summed E-state index contributed by atoms with van der Waals surface area (Å²) in [7, 11) is 0. The molecule has 148 valence electrons. The van der Waals surface area contributed by atoms with Gasteiger partial charge in [-0.3, -0.25) is 19.3 Å². The number of anilines is 1. The van der Waals surface area contributed by atoms with Crippen molar-refractivity contribution in [3.63, 3.8) is 0 Å². The highest BCUT2D eigenvalue weighted by molar-refractivity contribution is 8.18. The van der Waals surface area contributed by atoms with Gasteiger partial charge in [-0.25, -0.2) is 4.39 Å². The fraction of sp³-hybridized carbons (Fsp3) is 0.0952. The summed E-state index contributed by atoms with van der Waals surface area (Å²) >= 11 is 6.46. The summed E-state index contributed by atoms with van der Waals surface area (Å²) in [6.45, 7) is 1.38. The molecule has 0 spiro atoms.